The van der Waals surface area contributed by atoms with Gasteiger partial charge in [-0.05, 0) is 19.1 Å². The SMILES string of the molecule is CCOc1ccccc1NC(=O)CSc1nc(-c2ccccc2)no1. The van der Waals surface area contributed by atoms with E-state index in [0.717, 1.165) is 5.56 Å². The number of carbonyl (C=O) groups excluding carboxylic acids is 1. The Labute approximate surface area is 149 Å². The molecule has 25 heavy (non-hydrogen) atoms. The number of hydrogen-bond donors (Lipinski definition) is 1. The van der Waals surface area contributed by atoms with E-state index in [-0.39, 0.29) is 11.7 Å². The molecule has 0 bridgehead atoms. The Morgan fingerprint density at radius 2 is 1.92 bits per heavy atom. The Morgan fingerprint density at radius 1 is 1.16 bits per heavy atom. The van der Waals surface area contributed by atoms with Crippen LogP contribution in [-0.4, -0.2) is 28.4 Å². The largest absolute Gasteiger partial charge is 0.492 e. The van der Waals surface area contributed by atoms with Crippen LogP contribution in [0.1, 0.15) is 6.92 Å². The monoisotopic (exact) mass is 355 g/mol. The van der Waals surface area contributed by atoms with Gasteiger partial charge in [0.05, 0.1) is 18.0 Å². The second-order valence-corrected chi connectivity index (χ2v) is 5.94. The molecule has 0 aliphatic heterocycles. The van der Waals surface area contributed by atoms with Gasteiger partial charge < -0.3 is 14.6 Å². The van der Waals surface area contributed by atoms with Crippen LogP contribution in [0.2, 0.25) is 0 Å². The van der Waals surface area contributed by atoms with Crippen molar-refractivity contribution in [1.82, 2.24) is 10.1 Å². The lowest BCUT2D eigenvalue weighted by Crippen LogP contribution is -2.14. The number of ether oxygens (including phenoxy) is 1. The van der Waals surface area contributed by atoms with E-state index in [9.17, 15) is 4.79 Å². The molecule has 0 atom stereocenters. The molecule has 6 nitrogen and oxygen atoms in total. The summed E-state index contributed by atoms with van der Waals surface area (Å²) in [6, 6.07) is 16.8. The minimum absolute atomic E-state index is 0.164. The second kappa shape index (κ2) is 8.34. The first-order valence-corrected chi connectivity index (χ1v) is 8.78. The van der Waals surface area contributed by atoms with Gasteiger partial charge >= 0.3 is 0 Å². The fourth-order valence-corrected chi connectivity index (χ4v) is 2.71. The summed E-state index contributed by atoms with van der Waals surface area (Å²) < 4.78 is 10.7. The van der Waals surface area contributed by atoms with Crippen LogP contribution in [0.5, 0.6) is 5.75 Å². The Kier molecular flexibility index (Phi) is 5.69. The number of aromatic nitrogens is 2. The maximum absolute atomic E-state index is 12.1. The molecule has 0 spiro atoms. The van der Waals surface area contributed by atoms with E-state index < -0.39 is 0 Å². The summed E-state index contributed by atoms with van der Waals surface area (Å²) in [6.45, 7) is 2.43. The number of rotatable bonds is 7. The van der Waals surface area contributed by atoms with Gasteiger partial charge in [0.2, 0.25) is 11.7 Å². The Bertz CT molecular complexity index is 836. The van der Waals surface area contributed by atoms with Crippen LogP contribution in [0.4, 0.5) is 5.69 Å². The average molecular weight is 355 g/mol. The van der Waals surface area contributed by atoms with Crippen LogP contribution in [0.25, 0.3) is 11.4 Å². The first-order valence-electron chi connectivity index (χ1n) is 7.80. The lowest BCUT2D eigenvalue weighted by molar-refractivity contribution is -0.113. The lowest BCUT2D eigenvalue weighted by Gasteiger charge is -2.10. The second-order valence-electron chi connectivity index (χ2n) is 5.02. The number of amides is 1. The highest BCUT2D eigenvalue weighted by molar-refractivity contribution is 7.99. The molecule has 0 radical (unpaired) electrons. The van der Waals surface area contributed by atoms with E-state index in [0.29, 0.717) is 29.1 Å². The van der Waals surface area contributed by atoms with Crippen molar-refractivity contribution in [2.75, 3.05) is 17.7 Å². The molecule has 1 heterocycles. The highest BCUT2D eigenvalue weighted by Gasteiger charge is 2.12. The van der Waals surface area contributed by atoms with Crippen LogP contribution in [0.15, 0.2) is 64.3 Å². The summed E-state index contributed by atoms with van der Waals surface area (Å²) in [5, 5.41) is 7.11. The van der Waals surface area contributed by atoms with E-state index in [1.54, 1.807) is 6.07 Å². The molecule has 1 N–H and O–H groups in total. The highest BCUT2D eigenvalue weighted by atomic mass is 32.2. The summed E-state index contributed by atoms with van der Waals surface area (Å²) in [5.41, 5.74) is 1.51. The van der Waals surface area contributed by atoms with E-state index in [2.05, 4.69) is 15.5 Å². The van der Waals surface area contributed by atoms with Gasteiger partial charge in [-0.25, -0.2) is 0 Å². The molecule has 0 aliphatic carbocycles. The van der Waals surface area contributed by atoms with E-state index in [1.165, 1.54) is 11.8 Å². The van der Waals surface area contributed by atoms with Gasteiger partial charge in [-0.1, -0.05) is 59.4 Å². The van der Waals surface area contributed by atoms with Crippen LogP contribution < -0.4 is 10.1 Å². The zero-order valence-corrected chi connectivity index (χ0v) is 14.5. The summed E-state index contributed by atoms with van der Waals surface area (Å²) in [7, 11) is 0. The predicted octanol–water partition coefficient (Wildman–Crippen LogP) is 3.87. The number of nitrogens with zero attached hydrogens (tertiary/aromatic N) is 2. The molecular formula is C18H17N3O3S. The van der Waals surface area contributed by atoms with Crippen molar-refractivity contribution in [1.29, 1.82) is 0 Å². The van der Waals surface area contributed by atoms with E-state index in [1.807, 2.05) is 55.5 Å². The number of para-hydroxylation sites is 2. The van der Waals surface area contributed by atoms with Crippen LogP contribution >= 0.6 is 11.8 Å². The highest BCUT2D eigenvalue weighted by Crippen LogP contribution is 2.25. The van der Waals surface area contributed by atoms with Crippen molar-refractivity contribution in [3.8, 4) is 17.1 Å². The molecule has 0 aliphatic rings. The van der Waals surface area contributed by atoms with Crippen molar-refractivity contribution in [2.24, 2.45) is 0 Å². The van der Waals surface area contributed by atoms with Gasteiger partial charge in [-0.3, -0.25) is 4.79 Å². The zero-order valence-electron chi connectivity index (χ0n) is 13.6. The molecule has 2 aromatic carbocycles. The van der Waals surface area contributed by atoms with Gasteiger partial charge in [0.25, 0.3) is 5.22 Å². The molecule has 0 saturated carbocycles. The van der Waals surface area contributed by atoms with Crippen LogP contribution in [0, 0.1) is 0 Å². The molecule has 0 fully saturated rings. The summed E-state index contributed by atoms with van der Waals surface area (Å²) in [5.74, 6) is 1.14. The summed E-state index contributed by atoms with van der Waals surface area (Å²) in [6.07, 6.45) is 0. The molecule has 1 amide bonds. The quantitative estimate of drug-likeness (QED) is 0.648. The van der Waals surface area contributed by atoms with Gasteiger partial charge in [0.1, 0.15) is 5.75 Å². The number of benzene rings is 2. The number of carbonyl (C=O) groups is 1. The molecule has 7 heteroatoms. The smallest absolute Gasteiger partial charge is 0.286 e. The summed E-state index contributed by atoms with van der Waals surface area (Å²) in [4.78, 5) is 16.4. The molecule has 1 aromatic heterocycles. The third-order valence-electron chi connectivity index (χ3n) is 3.23. The van der Waals surface area contributed by atoms with Crippen molar-refractivity contribution >= 4 is 23.4 Å². The Morgan fingerprint density at radius 3 is 2.72 bits per heavy atom. The third-order valence-corrected chi connectivity index (χ3v) is 4.05. The molecule has 3 aromatic rings. The maximum Gasteiger partial charge on any atom is 0.286 e. The first kappa shape index (κ1) is 17.0. The minimum Gasteiger partial charge on any atom is -0.492 e. The fourth-order valence-electron chi connectivity index (χ4n) is 2.14. The Hall–Kier alpha value is -2.80. The fraction of sp³-hybridized carbons (Fsp3) is 0.167. The van der Waals surface area contributed by atoms with Crippen molar-refractivity contribution < 1.29 is 14.1 Å². The van der Waals surface area contributed by atoms with Crippen LogP contribution in [-0.2, 0) is 4.79 Å². The molecule has 0 unspecified atom stereocenters. The maximum atomic E-state index is 12.1. The van der Waals surface area contributed by atoms with E-state index in [4.69, 9.17) is 9.26 Å². The third kappa shape index (κ3) is 4.60. The van der Waals surface area contributed by atoms with E-state index >= 15 is 0 Å². The lowest BCUT2D eigenvalue weighted by atomic mass is 10.2. The van der Waals surface area contributed by atoms with Crippen molar-refractivity contribution in [2.45, 2.75) is 12.1 Å². The van der Waals surface area contributed by atoms with Crippen molar-refractivity contribution in [3.63, 3.8) is 0 Å². The van der Waals surface area contributed by atoms with Gasteiger partial charge in [-0.15, -0.1) is 0 Å². The molecular weight excluding hydrogens is 338 g/mol. The number of hydrogen-bond acceptors (Lipinski definition) is 6. The standard InChI is InChI=1S/C18H17N3O3S/c1-2-23-15-11-7-6-10-14(15)19-16(22)12-25-18-20-17(21-24-18)13-8-4-3-5-9-13/h3-11H,2,12H2,1H3,(H,19,22). The van der Waals surface area contributed by atoms with Crippen molar-refractivity contribution in [3.05, 3.63) is 54.6 Å². The summed E-state index contributed by atoms with van der Waals surface area (Å²) >= 11 is 1.19. The topological polar surface area (TPSA) is 77.2 Å². The zero-order chi connectivity index (χ0) is 17.5. The van der Waals surface area contributed by atoms with Gasteiger partial charge in [-0.2, -0.15) is 4.98 Å². The average Bonchev–Trinajstić information content (AvgIpc) is 3.12. The van der Waals surface area contributed by atoms with Gasteiger partial charge in [0, 0.05) is 5.56 Å². The van der Waals surface area contributed by atoms with Crippen LogP contribution in [0.3, 0.4) is 0 Å². The number of nitrogens with one attached hydrogen (secondary N) is 1. The Balaban J connectivity index is 1.57. The number of thioether (sulfide) groups is 1. The normalized spacial score (nSPS) is 10.4. The molecule has 0 saturated heterocycles. The molecule has 3 rings (SSSR count). The first-order chi connectivity index (χ1) is 12.3. The number of anilines is 1. The van der Waals surface area contributed by atoms with Gasteiger partial charge in [0.15, 0.2) is 0 Å². The predicted molar refractivity (Wildman–Crippen MR) is 96.7 cm³/mol. The molecule has 128 valence electrons. The minimum atomic E-state index is -0.170.